The van der Waals surface area contributed by atoms with Gasteiger partial charge in [0, 0.05) is 0 Å². The van der Waals surface area contributed by atoms with Crippen LogP contribution in [0.5, 0.6) is 0 Å². The largest absolute Gasteiger partial charge is 0.346 e. The fraction of sp³-hybridized carbons (Fsp3) is 1.00. The minimum absolute atomic E-state index is 0.820. The molecule has 10 heavy (non-hydrogen) atoms. The van der Waals surface area contributed by atoms with Gasteiger partial charge in [0.25, 0.3) is 0 Å². The second kappa shape index (κ2) is 2.19. The van der Waals surface area contributed by atoms with Gasteiger partial charge in [0.05, 0.1) is 0 Å². The smallest absolute Gasteiger partial charge is 0.114 e. The standard InChI is InChI=1S/C7H19NSi2/c1-6-8-9(2,3)7-10(8,4)5/h6-7H2,1-5H3. The lowest BCUT2D eigenvalue weighted by Gasteiger charge is -2.58. The molecule has 60 valence electrons. The highest BCUT2D eigenvalue weighted by molar-refractivity contribution is 7.07. The molecule has 0 N–H and O–H groups in total. The van der Waals surface area contributed by atoms with E-state index < -0.39 is 16.5 Å². The van der Waals surface area contributed by atoms with Crippen LogP contribution in [0.1, 0.15) is 6.92 Å². The molecule has 0 unspecified atom stereocenters. The Bertz CT molecular complexity index is 129. The van der Waals surface area contributed by atoms with E-state index in [0.717, 1.165) is 0 Å². The highest BCUT2D eigenvalue weighted by Gasteiger charge is 2.52. The van der Waals surface area contributed by atoms with Crippen LogP contribution in [-0.4, -0.2) is 27.2 Å². The molecular weight excluding hydrogens is 154 g/mol. The van der Waals surface area contributed by atoms with E-state index in [4.69, 9.17) is 0 Å². The van der Waals surface area contributed by atoms with Gasteiger partial charge in [0.15, 0.2) is 0 Å². The molecule has 0 aromatic heterocycles. The minimum Gasteiger partial charge on any atom is -0.346 e. The monoisotopic (exact) mass is 173 g/mol. The van der Waals surface area contributed by atoms with Crippen molar-refractivity contribution in [2.45, 2.75) is 38.8 Å². The van der Waals surface area contributed by atoms with Gasteiger partial charge in [-0.25, -0.2) is 0 Å². The van der Waals surface area contributed by atoms with E-state index in [2.05, 4.69) is 37.3 Å². The number of rotatable bonds is 1. The molecule has 1 aliphatic heterocycles. The van der Waals surface area contributed by atoms with Gasteiger partial charge in [0.1, 0.15) is 16.5 Å². The van der Waals surface area contributed by atoms with Gasteiger partial charge in [-0.1, -0.05) is 33.1 Å². The Labute approximate surface area is 66.6 Å². The Hall–Kier alpha value is 0.394. The fourth-order valence-electron chi connectivity index (χ4n) is 2.83. The first kappa shape index (κ1) is 8.49. The van der Waals surface area contributed by atoms with E-state index in [0.29, 0.717) is 0 Å². The van der Waals surface area contributed by atoms with Gasteiger partial charge in [-0.3, -0.25) is 0 Å². The number of hydrogen-bond acceptors (Lipinski definition) is 1. The molecular formula is C7H19NSi2. The zero-order valence-electron chi connectivity index (χ0n) is 7.86. The quantitative estimate of drug-likeness (QED) is 0.550. The van der Waals surface area contributed by atoms with E-state index in [1.807, 2.05) is 0 Å². The molecule has 1 fully saturated rings. The van der Waals surface area contributed by atoms with Crippen molar-refractivity contribution in [3.63, 3.8) is 0 Å². The summed E-state index contributed by atoms with van der Waals surface area (Å²) in [6.45, 7) is 13.6. The Morgan fingerprint density at radius 2 is 1.50 bits per heavy atom. The summed E-state index contributed by atoms with van der Waals surface area (Å²) in [7, 11) is -1.64. The average molecular weight is 173 g/mol. The summed E-state index contributed by atoms with van der Waals surface area (Å²) in [6.07, 6.45) is 0. The summed E-state index contributed by atoms with van der Waals surface area (Å²) in [6, 6.07) is 0. The second-order valence-electron chi connectivity index (χ2n) is 4.55. The lowest BCUT2D eigenvalue weighted by atomic mass is 10.8. The van der Waals surface area contributed by atoms with Crippen LogP contribution in [0.4, 0.5) is 0 Å². The zero-order valence-corrected chi connectivity index (χ0v) is 9.86. The van der Waals surface area contributed by atoms with Crippen LogP contribution >= 0.6 is 0 Å². The van der Waals surface area contributed by atoms with E-state index >= 15 is 0 Å². The molecule has 0 spiro atoms. The molecule has 0 radical (unpaired) electrons. The van der Waals surface area contributed by atoms with Crippen LogP contribution in [0.3, 0.4) is 0 Å². The molecule has 1 nitrogen and oxygen atoms in total. The van der Waals surface area contributed by atoms with Crippen LogP contribution in [0.2, 0.25) is 31.9 Å². The molecule has 1 aliphatic rings. The normalized spacial score (nSPS) is 29.7. The summed E-state index contributed by atoms with van der Waals surface area (Å²) in [5, 5.41) is 0. The predicted molar refractivity (Wildman–Crippen MR) is 52.2 cm³/mol. The molecule has 0 aliphatic carbocycles. The lowest BCUT2D eigenvalue weighted by Crippen LogP contribution is -2.74. The zero-order chi connectivity index (χ0) is 7.99. The number of nitrogens with zero attached hydrogens (tertiary/aromatic N) is 1. The van der Waals surface area contributed by atoms with Gasteiger partial charge < -0.3 is 4.23 Å². The third kappa shape index (κ3) is 1.10. The average Bonchev–Trinajstić information content (AvgIpc) is 1.59. The highest BCUT2D eigenvalue weighted by Crippen LogP contribution is 2.38. The lowest BCUT2D eigenvalue weighted by molar-refractivity contribution is 0.606. The van der Waals surface area contributed by atoms with Gasteiger partial charge in [-0.15, -0.1) is 0 Å². The fourth-order valence-corrected chi connectivity index (χ4v) is 20.4. The van der Waals surface area contributed by atoms with Gasteiger partial charge in [-0.2, -0.15) is 0 Å². The summed E-state index contributed by atoms with van der Waals surface area (Å²) in [5.41, 5.74) is 1.60. The third-order valence-electron chi connectivity index (χ3n) is 2.64. The highest BCUT2D eigenvalue weighted by atomic mass is 28.5. The van der Waals surface area contributed by atoms with Crippen LogP contribution < -0.4 is 0 Å². The van der Waals surface area contributed by atoms with Crippen molar-refractivity contribution in [2.75, 3.05) is 6.54 Å². The molecule has 0 saturated carbocycles. The third-order valence-corrected chi connectivity index (χ3v) is 16.8. The Morgan fingerprint density at radius 3 is 1.60 bits per heavy atom. The van der Waals surface area contributed by atoms with Gasteiger partial charge in [-0.05, 0) is 12.2 Å². The first-order valence-corrected chi connectivity index (χ1v) is 10.5. The van der Waals surface area contributed by atoms with E-state index in [1.165, 1.54) is 6.54 Å². The van der Waals surface area contributed by atoms with Crippen molar-refractivity contribution >= 4 is 16.5 Å². The summed E-state index contributed by atoms with van der Waals surface area (Å²) in [4.78, 5) is 0. The SMILES string of the molecule is CCN1[Si](C)(C)C[Si]1(C)C. The van der Waals surface area contributed by atoms with Crippen LogP contribution in [0, 0.1) is 0 Å². The summed E-state index contributed by atoms with van der Waals surface area (Å²) >= 11 is 0. The maximum absolute atomic E-state index is 2.83. The Kier molecular flexibility index (Phi) is 1.86. The van der Waals surface area contributed by atoms with Crippen LogP contribution in [-0.2, 0) is 0 Å². The maximum atomic E-state index is 2.83. The van der Waals surface area contributed by atoms with Crippen molar-refractivity contribution in [3.05, 3.63) is 0 Å². The van der Waals surface area contributed by atoms with Gasteiger partial charge in [0.2, 0.25) is 0 Å². The molecule has 0 bridgehead atoms. The molecule has 0 aromatic rings. The molecule has 0 aromatic carbocycles. The molecule has 1 saturated heterocycles. The topological polar surface area (TPSA) is 3.24 Å². The van der Waals surface area contributed by atoms with E-state index in [9.17, 15) is 0 Å². The van der Waals surface area contributed by atoms with E-state index in [1.54, 1.807) is 5.67 Å². The first-order chi connectivity index (χ1) is 4.40. The Balaban J connectivity index is 2.64. The molecule has 1 rings (SSSR count). The molecule has 1 heterocycles. The second-order valence-corrected chi connectivity index (χ2v) is 14.7. The van der Waals surface area contributed by atoms with Crippen LogP contribution in [0.15, 0.2) is 0 Å². The van der Waals surface area contributed by atoms with Crippen molar-refractivity contribution in [3.8, 4) is 0 Å². The molecule has 0 amide bonds. The van der Waals surface area contributed by atoms with E-state index in [-0.39, 0.29) is 0 Å². The summed E-state index contributed by atoms with van der Waals surface area (Å²) < 4.78 is 2.83. The molecule has 0 atom stereocenters. The van der Waals surface area contributed by atoms with Crippen molar-refractivity contribution in [1.29, 1.82) is 0 Å². The maximum Gasteiger partial charge on any atom is 0.114 e. The summed E-state index contributed by atoms with van der Waals surface area (Å²) in [5.74, 6) is 0. The molecule has 3 heteroatoms. The van der Waals surface area contributed by atoms with Crippen molar-refractivity contribution in [1.82, 2.24) is 4.23 Å². The Morgan fingerprint density at radius 1 is 1.10 bits per heavy atom. The van der Waals surface area contributed by atoms with Crippen molar-refractivity contribution < 1.29 is 0 Å². The van der Waals surface area contributed by atoms with Crippen LogP contribution in [0.25, 0.3) is 0 Å². The van der Waals surface area contributed by atoms with Gasteiger partial charge >= 0.3 is 0 Å². The minimum atomic E-state index is -0.820. The predicted octanol–water partition coefficient (Wildman–Crippen LogP) is 2.27. The first-order valence-electron chi connectivity index (χ1n) is 4.18. The van der Waals surface area contributed by atoms with Crippen molar-refractivity contribution in [2.24, 2.45) is 0 Å². The number of hydrogen-bond donors (Lipinski definition) is 0.